The SMILES string of the molecule is CC(c1ccccc1)(c1cc(-c2cc3ccccc3o2)c(OCCO)c(-c2cc3ccccc3o2)c1)c1cc(-c2cc3ccccc3o2)c(OCCO)c(-c2cc3ccccc3o2)c1. The molecule has 8 nitrogen and oxygen atoms in total. The van der Waals surface area contributed by atoms with Crippen LogP contribution in [-0.4, -0.2) is 36.6 Å². The minimum Gasteiger partial charge on any atom is -0.490 e. The van der Waals surface area contributed by atoms with Crippen molar-refractivity contribution < 1.29 is 37.4 Å². The van der Waals surface area contributed by atoms with Crippen molar-refractivity contribution in [3.05, 3.63) is 193 Å². The highest BCUT2D eigenvalue weighted by Crippen LogP contribution is 2.52. The molecule has 0 radical (unpaired) electrons. The molecule has 11 aromatic rings. The van der Waals surface area contributed by atoms with Crippen LogP contribution in [0.4, 0.5) is 0 Å². The van der Waals surface area contributed by atoms with Crippen molar-refractivity contribution in [3.63, 3.8) is 0 Å². The summed E-state index contributed by atoms with van der Waals surface area (Å²) in [5.74, 6) is 3.43. The molecular weight excluding hydrogens is 801 g/mol. The summed E-state index contributed by atoms with van der Waals surface area (Å²) >= 11 is 0. The van der Waals surface area contributed by atoms with Gasteiger partial charge in [-0.1, -0.05) is 103 Å². The fourth-order valence-corrected chi connectivity index (χ4v) is 8.90. The fraction of sp³-hybridized carbons (Fsp3) is 0.107. The van der Waals surface area contributed by atoms with Crippen LogP contribution in [0, 0.1) is 0 Å². The van der Waals surface area contributed by atoms with E-state index in [0.29, 0.717) is 56.8 Å². The highest BCUT2D eigenvalue weighted by atomic mass is 16.5. The van der Waals surface area contributed by atoms with Crippen molar-refractivity contribution in [1.29, 1.82) is 0 Å². The number of fused-ring (bicyclic) bond motifs is 4. The molecule has 0 aliphatic heterocycles. The third kappa shape index (κ3) is 6.81. The van der Waals surface area contributed by atoms with Crippen molar-refractivity contribution >= 4 is 43.9 Å². The van der Waals surface area contributed by atoms with Gasteiger partial charge in [0.1, 0.15) is 70.1 Å². The first-order chi connectivity index (χ1) is 31.5. The summed E-state index contributed by atoms with van der Waals surface area (Å²) in [4.78, 5) is 0. The lowest BCUT2D eigenvalue weighted by Gasteiger charge is -2.34. The van der Waals surface area contributed by atoms with Crippen molar-refractivity contribution in [3.8, 4) is 56.8 Å². The highest BCUT2D eigenvalue weighted by molar-refractivity contribution is 5.92. The molecule has 11 rings (SSSR count). The Bertz CT molecular complexity index is 2930. The lowest BCUT2D eigenvalue weighted by molar-refractivity contribution is 0.202. The van der Waals surface area contributed by atoms with Gasteiger partial charge in [-0.2, -0.15) is 0 Å². The maximum absolute atomic E-state index is 10.2. The number of benzene rings is 7. The lowest BCUT2D eigenvalue weighted by Crippen LogP contribution is -2.26. The zero-order valence-electron chi connectivity index (χ0n) is 34.9. The molecule has 314 valence electrons. The zero-order chi connectivity index (χ0) is 43.2. The number of hydrogen-bond acceptors (Lipinski definition) is 8. The molecule has 4 aromatic heterocycles. The van der Waals surface area contributed by atoms with E-state index in [9.17, 15) is 10.2 Å². The average Bonchev–Trinajstić information content (AvgIpc) is 4.17. The lowest BCUT2D eigenvalue weighted by atomic mass is 9.69. The van der Waals surface area contributed by atoms with E-state index >= 15 is 0 Å². The molecular formula is C56H42O8. The summed E-state index contributed by atoms with van der Waals surface area (Å²) in [6.07, 6.45) is 0. The van der Waals surface area contributed by atoms with Gasteiger partial charge in [-0.3, -0.25) is 0 Å². The quantitative estimate of drug-likeness (QED) is 0.110. The fourth-order valence-electron chi connectivity index (χ4n) is 8.90. The van der Waals surface area contributed by atoms with Gasteiger partial charge in [0.15, 0.2) is 0 Å². The molecule has 0 saturated heterocycles. The van der Waals surface area contributed by atoms with Crippen LogP contribution in [0.15, 0.2) is 194 Å². The van der Waals surface area contributed by atoms with Crippen LogP contribution in [0.3, 0.4) is 0 Å². The summed E-state index contributed by atoms with van der Waals surface area (Å²) in [7, 11) is 0. The summed E-state index contributed by atoms with van der Waals surface area (Å²) in [5, 5.41) is 24.1. The number of aliphatic hydroxyl groups excluding tert-OH is 2. The van der Waals surface area contributed by atoms with E-state index in [-0.39, 0.29) is 26.4 Å². The second kappa shape index (κ2) is 16.2. The third-order valence-corrected chi connectivity index (χ3v) is 12.1. The third-order valence-electron chi connectivity index (χ3n) is 12.1. The van der Waals surface area contributed by atoms with Crippen molar-refractivity contribution in [2.75, 3.05) is 26.4 Å². The first kappa shape index (κ1) is 39.1. The number of ether oxygens (including phenoxy) is 2. The van der Waals surface area contributed by atoms with Crippen LogP contribution in [0.25, 0.3) is 89.2 Å². The second-order valence-corrected chi connectivity index (χ2v) is 16.0. The Labute approximate surface area is 368 Å². The Kier molecular flexibility index (Phi) is 9.87. The smallest absolute Gasteiger partial charge is 0.141 e. The molecule has 4 heterocycles. The molecule has 0 aliphatic carbocycles. The molecule has 0 unspecified atom stereocenters. The van der Waals surface area contributed by atoms with Crippen molar-refractivity contribution in [2.24, 2.45) is 0 Å². The average molecular weight is 843 g/mol. The normalized spacial score (nSPS) is 11.9. The Morgan fingerprint density at radius 1 is 0.375 bits per heavy atom. The zero-order valence-corrected chi connectivity index (χ0v) is 34.9. The molecule has 0 saturated carbocycles. The minimum absolute atomic E-state index is 0.0484. The van der Waals surface area contributed by atoms with Gasteiger partial charge in [-0.05, 0) is 96.4 Å². The van der Waals surface area contributed by atoms with E-state index < -0.39 is 5.41 Å². The van der Waals surface area contributed by atoms with E-state index in [0.717, 1.165) is 60.6 Å². The van der Waals surface area contributed by atoms with Crippen LogP contribution in [0.2, 0.25) is 0 Å². The predicted molar refractivity (Wildman–Crippen MR) is 251 cm³/mol. The van der Waals surface area contributed by atoms with Gasteiger partial charge >= 0.3 is 0 Å². The molecule has 0 fully saturated rings. The Morgan fingerprint density at radius 2 is 0.672 bits per heavy atom. The van der Waals surface area contributed by atoms with Crippen LogP contribution in [0.1, 0.15) is 23.6 Å². The van der Waals surface area contributed by atoms with Gasteiger partial charge in [0.25, 0.3) is 0 Å². The summed E-state index contributed by atoms with van der Waals surface area (Å²) in [5.41, 5.74) is 7.59. The monoisotopic (exact) mass is 842 g/mol. The molecule has 8 heteroatoms. The number of furan rings is 4. The first-order valence-electron chi connectivity index (χ1n) is 21.3. The first-order valence-corrected chi connectivity index (χ1v) is 21.3. The summed E-state index contributed by atoms with van der Waals surface area (Å²) in [6, 6.07) is 58.6. The number of para-hydroxylation sites is 4. The van der Waals surface area contributed by atoms with Crippen LogP contribution in [0.5, 0.6) is 11.5 Å². The summed E-state index contributed by atoms with van der Waals surface area (Å²) in [6.45, 7) is 1.93. The summed E-state index contributed by atoms with van der Waals surface area (Å²) < 4.78 is 39.6. The maximum atomic E-state index is 10.2. The number of hydrogen-bond donors (Lipinski definition) is 2. The van der Waals surface area contributed by atoms with Gasteiger partial charge in [0, 0.05) is 27.0 Å². The molecule has 64 heavy (non-hydrogen) atoms. The molecule has 2 N–H and O–H groups in total. The van der Waals surface area contributed by atoms with E-state index in [4.69, 9.17) is 27.1 Å². The minimum atomic E-state index is -0.907. The van der Waals surface area contributed by atoms with E-state index in [1.54, 1.807) is 0 Å². The predicted octanol–water partition coefficient (Wildman–Crippen LogP) is 13.4. The number of aliphatic hydroxyl groups is 2. The Morgan fingerprint density at radius 3 is 0.969 bits per heavy atom. The maximum Gasteiger partial charge on any atom is 0.141 e. The molecule has 0 bridgehead atoms. The largest absolute Gasteiger partial charge is 0.490 e. The van der Waals surface area contributed by atoms with Gasteiger partial charge in [-0.15, -0.1) is 0 Å². The van der Waals surface area contributed by atoms with Gasteiger partial charge < -0.3 is 37.4 Å². The standard InChI is InChI=1S/C56H42O8/c1-56(39-17-3-2-4-18-39,40-31-42(50-27-35-13-5-9-19-46(35)61-50)54(59-25-23-57)43(32-40)51-28-36-14-6-10-20-47(36)62-51)41-33-44(52-29-37-15-7-11-21-48(37)63-52)55(60-26-24-58)45(34-41)53-30-38-16-8-12-22-49(38)64-53/h2-22,27-34,57-58H,23-26H2,1H3. The second-order valence-electron chi connectivity index (χ2n) is 16.0. The Hall–Kier alpha value is -7.78. The van der Waals surface area contributed by atoms with Gasteiger partial charge in [0.05, 0.1) is 35.5 Å². The highest BCUT2D eigenvalue weighted by Gasteiger charge is 2.37. The van der Waals surface area contributed by atoms with Crippen LogP contribution in [-0.2, 0) is 5.41 Å². The van der Waals surface area contributed by atoms with E-state index in [1.165, 1.54) is 0 Å². The van der Waals surface area contributed by atoms with Crippen molar-refractivity contribution in [1.82, 2.24) is 0 Å². The topological polar surface area (TPSA) is 111 Å². The molecule has 0 aliphatic rings. The van der Waals surface area contributed by atoms with E-state index in [1.807, 2.05) is 140 Å². The Balaban J connectivity index is 1.24. The van der Waals surface area contributed by atoms with E-state index in [2.05, 4.69) is 43.3 Å². The van der Waals surface area contributed by atoms with Crippen LogP contribution >= 0.6 is 0 Å². The van der Waals surface area contributed by atoms with Gasteiger partial charge in [-0.25, -0.2) is 0 Å². The molecule has 0 spiro atoms. The molecule has 7 aromatic carbocycles. The van der Waals surface area contributed by atoms with Gasteiger partial charge in [0.2, 0.25) is 0 Å². The van der Waals surface area contributed by atoms with Crippen molar-refractivity contribution in [2.45, 2.75) is 12.3 Å². The number of rotatable bonds is 13. The molecule has 0 amide bonds. The molecule has 0 atom stereocenters. The van der Waals surface area contributed by atoms with Crippen LogP contribution < -0.4 is 9.47 Å².